The first-order valence-corrected chi connectivity index (χ1v) is 8.96. The zero-order valence-corrected chi connectivity index (χ0v) is 17.2. The fourth-order valence-electron chi connectivity index (χ4n) is 1.69. The van der Waals surface area contributed by atoms with E-state index in [9.17, 15) is 19.2 Å². The Hall–Kier alpha value is -1.37. The third-order valence-corrected chi connectivity index (χ3v) is 4.04. The van der Waals surface area contributed by atoms with E-state index >= 15 is 0 Å². The Labute approximate surface area is 156 Å². The Kier molecular flexibility index (Phi) is 14.3. The van der Waals surface area contributed by atoms with Crippen molar-refractivity contribution in [1.82, 2.24) is 0 Å². The number of Topliss-reactive ketones (excluding diaryl/α,β-unsaturated/α-hetero) is 2. The molecule has 0 N–H and O–H groups in total. The van der Waals surface area contributed by atoms with Crippen LogP contribution in [0, 0.1) is 23.7 Å². The summed E-state index contributed by atoms with van der Waals surface area (Å²) in [4.78, 5) is 44.4. The smallest absolute Gasteiger partial charge is 0.309 e. The van der Waals surface area contributed by atoms with Crippen molar-refractivity contribution in [3.8, 4) is 0 Å². The number of thiol groups is 1. The van der Waals surface area contributed by atoms with Gasteiger partial charge in [0.25, 0.3) is 0 Å². The van der Waals surface area contributed by atoms with Gasteiger partial charge < -0.3 is 9.47 Å². The molecular weight excluding hydrogens is 344 g/mol. The van der Waals surface area contributed by atoms with Gasteiger partial charge in [0, 0.05) is 30.4 Å². The van der Waals surface area contributed by atoms with Crippen molar-refractivity contribution in [1.29, 1.82) is 0 Å². The molecule has 0 aromatic carbocycles. The standard InChI is InChI=1S/C9H16O3S.C9H16O3/c1-6(2)8(10)4-7(5-13)9(11)12-3;1-6(2)8(10)5-7(3)9(11)12-4/h6-7,13H,4-5H2,1-3H3;6-7H,5H2,1-4H3/t2*7-/m01/s1. The maximum atomic E-state index is 11.3. The number of carbonyl (C=O) groups is 4. The number of esters is 2. The molecule has 2 atom stereocenters. The Morgan fingerprint density at radius 2 is 1.16 bits per heavy atom. The molecule has 0 aliphatic carbocycles. The lowest BCUT2D eigenvalue weighted by Crippen LogP contribution is -2.23. The van der Waals surface area contributed by atoms with Crippen LogP contribution in [0.3, 0.4) is 0 Å². The van der Waals surface area contributed by atoms with Gasteiger partial charge in [-0.05, 0) is 0 Å². The molecule has 25 heavy (non-hydrogen) atoms. The van der Waals surface area contributed by atoms with Crippen LogP contribution in [0.1, 0.15) is 47.5 Å². The van der Waals surface area contributed by atoms with Crippen LogP contribution in [0.15, 0.2) is 0 Å². The largest absolute Gasteiger partial charge is 0.469 e. The number of hydrogen-bond donors (Lipinski definition) is 1. The van der Waals surface area contributed by atoms with Gasteiger partial charge in [-0.2, -0.15) is 12.6 Å². The lowest BCUT2D eigenvalue weighted by atomic mass is 9.98. The van der Waals surface area contributed by atoms with E-state index in [1.807, 2.05) is 27.7 Å². The van der Waals surface area contributed by atoms with Crippen LogP contribution in [0.4, 0.5) is 0 Å². The Balaban J connectivity index is 0. The van der Waals surface area contributed by atoms with Crippen LogP contribution in [0.25, 0.3) is 0 Å². The number of carbonyl (C=O) groups excluding carboxylic acids is 4. The Bertz CT molecular complexity index is 445. The summed E-state index contributed by atoms with van der Waals surface area (Å²) in [6.45, 7) is 8.98. The van der Waals surface area contributed by atoms with E-state index in [0.29, 0.717) is 5.75 Å². The summed E-state index contributed by atoms with van der Waals surface area (Å²) in [5.74, 6) is -0.895. The Morgan fingerprint density at radius 1 is 0.760 bits per heavy atom. The van der Waals surface area contributed by atoms with E-state index < -0.39 is 5.92 Å². The van der Waals surface area contributed by atoms with Crippen molar-refractivity contribution >= 4 is 36.1 Å². The first kappa shape index (κ1) is 25.9. The van der Waals surface area contributed by atoms with Crippen LogP contribution in [0.2, 0.25) is 0 Å². The van der Waals surface area contributed by atoms with Crippen molar-refractivity contribution < 1.29 is 28.7 Å². The molecule has 0 amide bonds. The molecule has 0 aromatic rings. The second-order valence-corrected chi connectivity index (χ2v) is 6.84. The molecule has 0 saturated carbocycles. The minimum atomic E-state index is -0.400. The van der Waals surface area contributed by atoms with Crippen molar-refractivity contribution in [3.05, 3.63) is 0 Å². The van der Waals surface area contributed by atoms with Crippen LogP contribution in [-0.4, -0.2) is 43.5 Å². The second kappa shape index (κ2) is 13.9. The van der Waals surface area contributed by atoms with Gasteiger partial charge in [-0.25, -0.2) is 0 Å². The highest BCUT2D eigenvalue weighted by atomic mass is 32.1. The third-order valence-electron chi connectivity index (χ3n) is 3.60. The predicted molar refractivity (Wildman–Crippen MR) is 99.5 cm³/mol. The quantitative estimate of drug-likeness (QED) is 0.492. The molecule has 0 fully saturated rings. The fraction of sp³-hybridized carbons (Fsp3) is 0.778. The van der Waals surface area contributed by atoms with Crippen LogP contribution >= 0.6 is 12.6 Å². The Morgan fingerprint density at radius 3 is 1.48 bits per heavy atom. The van der Waals surface area contributed by atoms with E-state index in [-0.39, 0.29) is 54.1 Å². The van der Waals surface area contributed by atoms with Crippen LogP contribution in [-0.2, 0) is 28.7 Å². The molecule has 0 aliphatic rings. The molecule has 7 heteroatoms. The average molecular weight is 377 g/mol. The molecule has 0 saturated heterocycles. The maximum absolute atomic E-state index is 11.3. The molecule has 0 unspecified atom stereocenters. The number of methoxy groups -OCH3 is 2. The number of ether oxygens (including phenoxy) is 2. The molecular formula is C18H32O6S. The van der Waals surface area contributed by atoms with Crippen molar-refractivity contribution in [2.75, 3.05) is 20.0 Å². The zero-order valence-electron chi connectivity index (χ0n) is 16.3. The highest BCUT2D eigenvalue weighted by molar-refractivity contribution is 7.80. The van der Waals surface area contributed by atoms with Gasteiger partial charge in [-0.15, -0.1) is 0 Å². The molecule has 0 aliphatic heterocycles. The van der Waals surface area contributed by atoms with Gasteiger partial charge in [0.1, 0.15) is 11.6 Å². The summed E-state index contributed by atoms with van der Waals surface area (Å²) in [6, 6.07) is 0. The van der Waals surface area contributed by atoms with E-state index in [4.69, 9.17) is 0 Å². The predicted octanol–water partition coefficient (Wildman–Crippen LogP) is 2.73. The molecule has 0 spiro atoms. The summed E-state index contributed by atoms with van der Waals surface area (Å²) >= 11 is 4.00. The van der Waals surface area contributed by atoms with E-state index in [2.05, 4.69) is 22.1 Å². The van der Waals surface area contributed by atoms with Gasteiger partial charge in [-0.3, -0.25) is 19.2 Å². The van der Waals surface area contributed by atoms with Gasteiger partial charge in [-0.1, -0.05) is 34.6 Å². The van der Waals surface area contributed by atoms with E-state index in [0.717, 1.165) is 0 Å². The van der Waals surface area contributed by atoms with E-state index in [1.165, 1.54) is 14.2 Å². The summed E-state index contributed by atoms with van der Waals surface area (Å²) < 4.78 is 9.05. The lowest BCUT2D eigenvalue weighted by Gasteiger charge is -2.12. The van der Waals surface area contributed by atoms with Crippen LogP contribution in [0.5, 0.6) is 0 Å². The second-order valence-electron chi connectivity index (χ2n) is 6.48. The summed E-state index contributed by atoms with van der Waals surface area (Å²) in [5.41, 5.74) is 0. The minimum absolute atomic E-state index is 0.00268. The fourth-order valence-corrected chi connectivity index (χ4v) is 1.97. The highest BCUT2D eigenvalue weighted by Crippen LogP contribution is 2.12. The van der Waals surface area contributed by atoms with Crippen molar-refractivity contribution in [2.45, 2.75) is 47.5 Å². The first-order chi connectivity index (χ1) is 11.5. The molecule has 146 valence electrons. The van der Waals surface area contributed by atoms with Crippen molar-refractivity contribution in [2.24, 2.45) is 23.7 Å². The van der Waals surface area contributed by atoms with Gasteiger partial charge in [0.15, 0.2) is 0 Å². The summed E-state index contributed by atoms with van der Waals surface area (Å²) in [7, 11) is 2.65. The molecule has 0 rings (SSSR count). The van der Waals surface area contributed by atoms with Gasteiger partial charge in [0.05, 0.1) is 26.1 Å². The maximum Gasteiger partial charge on any atom is 0.309 e. The monoisotopic (exact) mass is 376 g/mol. The SMILES string of the molecule is COC(=O)[C@H](C)CC(=O)C(C)C.COC(=O)[C@H](CS)CC(=O)C(C)C. The topological polar surface area (TPSA) is 86.7 Å². The molecule has 0 heterocycles. The normalized spacial score (nSPS) is 12.7. The summed E-state index contributed by atoms with van der Waals surface area (Å²) in [5, 5.41) is 0. The lowest BCUT2D eigenvalue weighted by molar-refractivity contribution is -0.147. The molecule has 0 bridgehead atoms. The summed E-state index contributed by atoms with van der Waals surface area (Å²) in [6.07, 6.45) is 0.512. The molecule has 0 radical (unpaired) electrons. The molecule has 6 nitrogen and oxygen atoms in total. The van der Waals surface area contributed by atoms with Crippen LogP contribution < -0.4 is 0 Å². The van der Waals surface area contributed by atoms with Crippen molar-refractivity contribution in [3.63, 3.8) is 0 Å². The molecule has 0 aromatic heterocycles. The van der Waals surface area contributed by atoms with Gasteiger partial charge in [0.2, 0.25) is 0 Å². The van der Waals surface area contributed by atoms with Gasteiger partial charge >= 0.3 is 11.9 Å². The highest BCUT2D eigenvalue weighted by Gasteiger charge is 2.22. The average Bonchev–Trinajstić information content (AvgIpc) is 2.57. The zero-order chi connectivity index (χ0) is 20.2. The first-order valence-electron chi connectivity index (χ1n) is 8.33. The number of rotatable bonds is 9. The number of ketones is 2. The number of hydrogen-bond acceptors (Lipinski definition) is 7. The van der Waals surface area contributed by atoms with E-state index in [1.54, 1.807) is 6.92 Å². The third kappa shape index (κ3) is 11.8. The minimum Gasteiger partial charge on any atom is -0.469 e.